The van der Waals surface area contributed by atoms with E-state index in [1.165, 1.54) is 0 Å². The first-order valence-corrected chi connectivity index (χ1v) is 9.94. The Morgan fingerprint density at radius 1 is 1.17 bits per heavy atom. The number of aromatic nitrogens is 2. The van der Waals surface area contributed by atoms with E-state index in [-0.39, 0.29) is 16.8 Å². The second-order valence-corrected chi connectivity index (χ2v) is 6.80. The van der Waals surface area contributed by atoms with Crippen molar-refractivity contribution in [3.63, 3.8) is 0 Å². The van der Waals surface area contributed by atoms with Crippen molar-refractivity contribution in [3.8, 4) is 17.4 Å². The maximum absolute atomic E-state index is 11.9. The smallest absolute Gasteiger partial charge is 0.285 e. The highest BCUT2D eigenvalue weighted by atomic mass is 35.5. The summed E-state index contributed by atoms with van der Waals surface area (Å²) in [7, 11) is 4.75. The van der Waals surface area contributed by atoms with Crippen LogP contribution in [-0.2, 0) is 11.3 Å². The molecule has 0 bridgehead atoms. The second kappa shape index (κ2) is 11.9. The van der Waals surface area contributed by atoms with Gasteiger partial charge in [0.25, 0.3) is 11.4 Å². The topological polar surface area (TPSA) is 115 Å². The van der Waals surface area contributed by atoms with E-state index in [4.69, 9.17) is 25.8 Å². The van der Waals surface area contributed by atoms with Gasteiger partial charge in [-0.05, 0) is 37.0 Å². The lowest BCUT2D eigenvalue weighted by Gasteiger charge is -2.14. The van der Waals surface area contributed by atoms with E-state index < -0.39 is 5.56 Å². The molecule has 2 rings (SSSR count). The van der Waals surface area contributed by atoms with Gasteiger partial charge in [0.1, 0.15) is 10.7 Å². The number of H-pyrrole nitrogens is 1. The predicted molar refractivity (Wildman–Crippen MR) is 115 cm³/mol. The summed E-state index contributed by atoms with van der Waals surface area (Å²) in [5.74, 6) is 1.45. The van der Waals surface area contributed by atoms with Crippen LogP contribution in [0.5, 0.6) is 17.4 Å². The minimum Gasteiger partial charge on any atom is -0.493 e. The van der Waals surface area contributed by atoms with Gasteiger partial charge in [0.15, 0.2) is 11.5 Å². The van der Waals surface area contributed by atoms with Gasteiger partial charge in [0.2, 0.25) is 5.91 Å². The maximum atomic E-state index is 11.9. The Morgan fingerprint density at radius 2 is 1.93 bits per heavy atom. The molecule has 1 aromatic carbocycles. The van der Waals surface area contributed by atoms with Crippen LogP contribution in [0, 0.1) is 0 Å². The van der Waals surface area contributed by atoms with Crippen molar-refractivity contribution in [2.24, 2.45) is 0 Å². The Labute approximate surface area is 180 Å². The lowest BCUT2D eigenvalue weighted by Crippen LogP contribution is -2.17. The van der Waals surface area contributed by atoms with E-state index >= 15 is 0 Å². The third-order valence-electron chi connectivity index (χ3n) is 4.37. The number of carbonyl (C=O) groups is 1. The molecule has 0 aliphatic heterocycles. The molecule has 0 unspecified atom stereocenters. The molecule has 0 saturated heterocycles. The van der Waals surface area contributed by atoms with Crippen LogP contribution in [0.3, 0.4) is 0 Å². The van der Waals surface area contributed by atoms with Gasteiger partial charge in [-0.15, -0.1) is 5.10 Å². The summed E-state index contributed by atoms with van der Waals surface area (Å²) in [6.07, 6.45) is 2.83. The third kappa shape index (κ3) is 6.55. The van der Waals surface area contributed by atoms with Crippen LogP contribution in [0.15, 0.2) is 23.0 Å². The summed E-state index contributed by atoms with van der Waals surface area (Å²) >= 11 is 6.17. The summed E-state index contributed by atoms with van der Waals surface area (Å²) in [5, 5.41) is 12.0. The lowest BCUT2D eigenvalue weighted by atomic mass is 10.2. The molecular weight excluding hydrogens is 412 g/mol. The van der Waals surface area contributed by atoms with Crippen molar-refractivity contribution in [1.29, 1.82) is 0 Å². The first kappa shape index (κ1) is 23.3. The molecule has 1 heterocycles. The molecule has 0 spiro atoms. The van der Waals surface area contributed by atoms with Gasteiger partial charge in [-0.1, -0.05) is 17.7 Å². The minimum atomic E-state index is -0.510. The standard InChI is InChI=1S/C20H27ClN4O5/c1-22-16(26)7-5-4-6-10-30-20-18(17(21)19(27)24-25-20)23-12-13-8-9-14(28-2)15(11-13)29-3/h8-9,11H,4-7,10,12H2,1-3H3,(H,22,26)(H2,23,24,27). The quantitative estimate of drug-likeness (QED) is 0.436. The highest BCUT2D eigenvalue weighted by molar-refractivity contribution is 6.33. The number of rotatable bonds is 12. The van der Waals surface area contributed by atoms with Crippen molar-refractivity contribution in [2.75, 3.05) is 33.2 Å². The summed E-state index contributed by atoms with van der Waals surface area (Å²) in [6, 6.07) is 5.49. The number of hydrogen-bond donors (Lipinski definition) is 3. The van der Waals surface area contributed by atoms with Crippen LogP contribution in [0.2, 0.25) is 5.02 Å². The molecule has 10 heteroatoms. The molecule has 1 amide bonds. The highest BCUT2D eigenvalue weighted by Gasteiger charge is 2.14. The van der Waals surface area contributed by atoms with Gasteiger partial charge >= 0.3 is 0 Å². The zero-order chi connectivity index (χ0) is 21.9. The van der Waals surface area contributed by atoms with Crippen LogP contribution in [0.25, 0.3) is 0 Å². The minimum absolute atomic E-state index is 0.0200. The summed E-state index contributed by atoms with van der Waals surface area (Å²) in [6.45, 7) is 0.752. The van der Waals surface area contributed by atoms with E-state index in [1.807, 2.05) is 12.1 Å². The number of nitrogens with zero attached hydrogens (tertiary/aromatic N) is 1. The SMILES string of the molecule is CNC(=O)CCCCCOc1n[nH]c(=O)c(Cl)c1NCc1ccc(OC)c(OC)c1. The molecule has 0 aliphatic carbocycles. The van der Waals surface area contributed by atoms with E-state index in [1.54, 1.807) is 27.3 Å². The Balaban J connectivity index is 1.99. The Bertz CT molecular complexity index is 903. The van der Waals surface area contributed by atoms with Crippen LogP contribution in [0.4, 0.5) is 5.69 Å². The van der Waals surface area contributed by atoms with Gasteiger partial charge in [0.05, 0.1) is 20.8 Å². The van der Waals surface area contributed by atoms with Gasteiger partial charge in [-0.25, -0.2) is 5.10 Å². The first-order chi connectivity index (χ1) is 14.5. The third-order valence-corrected chi connectivity index (χ3v) is 4.74. The molecule has 3 N–H and O–H groups in total. The largest absolute Gasteiger partial charge is 0.493 e. The van der Waals surface area contributed by atoms with E-state index in [0.717, 1.165) is 24.8 Å². The lowest BCUT2D eigenvalue weighted by molar-refractivity contribution is -0.120. The normalized spacial score (nSPS) is 10.4. The Kier molecular flexibility index (Phi) is 9.27. The van der Waals surface area contributed by atoms with E-state index in [9.17, 15) is 9.59 Å². The summed E-state index contributed by atoms with van der Waals surface area (Å²) in [4.78, 5) is 23.1. The number of carbonyl (C=O) groups excluding carboxylic acids is 1. The zero-order valence-electron chi connectivity index (χ0n) is 17.3. The van der Waals surface area contributed by atoms with Gasteiger partial charge in [-0.3, -0.25) is 9.59 Å². The fourth-order valence-corrected chi connectivity index (χ4v) is 2.90. The van der Waals surface area contributed by atoms with Crippen molar-refractivity contribution in [3.05, 3.63) is 39.1 Å². The molecule has 9 nitrogen and oxygen atoms in total. The fourth-order valence-electron chi connectivity index (χ4n) is 2.71. The molecule has 1 aromatic heterocycles. The number of ether oxygens (including phenoxy) is 3. The average molecular weight is 439 g/mol. The zero-order valence-corrected chi connectivity index (χ0v) is 18.1. The van der Waals surface area contributed by atoms with E-state index in [0.29, 0.717) is 36.8 Å². The first-order valence-electron chi connectivity index (χ1n) is 9.56. The molecule has 2 aromatic rings. The van der Waals surface area contributed by atoms with Crippen LogP contribution >= 0.6 is 11.6 Å². The molecule has 0 saturated carbocycles. The van der Waals surface area contributed by atoms with Gasteiger partial charge in [-0.2, -0.15) is 0 Å². The number of halogens is 1. The van der Waals surface area contributed by atoms with Crippen LogP contribution in [0.1, 0.15) is 31.2 Å². The Morgan fingerprint density at radius 3 is 2.63 bits per heavy atom. The second-order valence-electron chi connectivity index (χ2n) is 6.42. The highest BCUT2D eigenvalue weighted by Crippen LogP contribution is 2.30. The predicted octanol–water partition coefficient (Wildman–Crippen LogP) is 2.74. The molecule has 0 fully saturated rings. The molecule has 0 radical (unpaired) electrons. The van der Waals surface area contributed by atoms with Gasteiger partial charge < -0.3 is 24.8 Å². The number of amides is 1. The number of aromatic amines is 1. The number of anilines is 1. The number of nitrogens with one attached hydrogen (secondary N) is 3. The van der Waals surface area contributed by atoms with Gasteiger partial charge in [0, 0.05) is 20.0 Å². The summed E-state index contributed by atoms with van der Waals surface area (Å²) < 4.78 is 16.2. The van der Waals surface area contributed by atoms with E-state index in [2.05, 4.69) is 20.8 Å². The molecule has 30 heavy (non-hydrogen) atoms. The van der Waals surface area contributed by atoms with Crippen molar-refractivity contribution >= 4 is 23.2 Å². The number of methoxy groups -OCH3 is 2. The number of benzene rings is 1. The number of hydrogen-bond acceptors (Lipinski definition) is 7. The Hall–Kier alpha value is -2.94. The molecule has 0 atom stereocenters. The molecule has 0 aliphatic rings. The van der Waals surface area contributed by atoms with Crippen molar-refractivity contribution < 1.29 is 19.0 Å². The molecular formula is C20H27ClN4O5. The van der Waals surface area contributed by atoms with Crippen LogP contribution < -0.4 is 30.4 Å². The maximum Gasteiger partial charge on any atom is 0.285 e. The van der Waals surface area contributed by atoms with Crippen LogP contribution in [-0.4, -0.2) is 44.0 Å². The average Bonchev–Trinajstić information content (AvgIpc) is 2.77. The monoisotopic (exact) mass is 438 g/mol. The van der Waals surface area contributed by atoms with Crippen molar-refractivity contribution in [1.82, 2.24) is 15.5 Å². The van der Waals surface area contributed by atoms with Crippen molar-refractivity contribution in [2.45, 2.75) is 32.2 Å². The summed E-state index contributed by atoms with van der Waals surface area (Å²) in [5.41, 5.74) is 0.703. The number of unbranched alkanes of at least 4 members (excludes halogenated alkanes) is 2. The fraction of sp³-hybridized carbons (Fsp3) is 0.450. The molecule has 164 valence electrons.